The number of nitrogens with one attached hydrogen (secondary N) is 1. The van der Waals surface area contributed by atoms with Crippen LogP contribution in [-0.4, -0.2) is 17.5 Å². The third-order valence-electron chi connectivity index (χ3n) is 1.91. The maximum absolute atomic E-state index is 10.5. The molecule has 0 heterocycles. The minimum Gasteiger partial charge on any atom is -0.381 e. The third kappa shape index (κ3) is 3.07. The summed E-state index contributed by atoms with van der Waals surface area (Å²) in [6.07, 6.45) is 0. The van der Waals surface area contributed by atoms with E-state index in [9.17, 15) is 10.1 Å². The standard InChI is InChI=1S/C9H12ClN3O2/c1-6(5-11)12-7-2-3-9(13(14)15)8(10)4-7/h2-4,6,12H,5,11H2,1H3. The minimum atomic E-state index is -0.515. The van der Waals surface area contributed by atoms with Crippen LogP contribution < -0.4 is 11.1 Å². The zero-order valence-corrected chi connectivity index (χ0v) is 8.99. The van der Waals surface area contributed by atoms with Gasteiger partial charge in [0, 0.05) is 24.3 Å². The first-order chi connectivity index (χ1) is 7.04. The van der Waals surface area contributed by atoms with Crippen LogP contribution in [0.2, 0.25) is 5.02 Å². The number of hydrogen-bond acceptors (Lipinski definition) is 4. The molecule has 1 aromatic carbocycles. The van der Waals surface area contributed by atoms with Gasteiger partial charge in [0.05, 0.1) is 4.92 Å². The molecule has 1 aromatic rings. The Morgan fingerprint density at radius 1 is 1.67 bits per heavy atom. The fourth-order valence-corrected chi connectivity index (χ4v) is 1.34. The average Bonchev–Trinajstić information content (AvgIpc) is 2.17. The second-order valence-corrected chi connectivity index (χ2v) is 3.61. The van der Waals surface area contributed by atoms with Crippen molar-refractivity contribution in [2.75, 3.05) is 11.9 Å². The Morgan fingerprint density at radius 2 is 2.33 bits per heavy atom. The molecule has 0 radical (unpaired) electrons. The topological polar surface area (TPSA) is 81.2 Å². The van der Waals surface area contributed by atoms with Crippen molar-refractivity contribution in [1.29, 1.82) is 0 Å². The number of rotatable bonds is 4. The zero-order valence-electron chi connectivity index (χ0n) is 8.24. The molecule has 15 heavy (non-hydrogen) atoms. The van der Waals surface area contributed by atoms with Gasteiger partial charge in [-0.1, -0.05) is 11.6 Å². The fraction of sp³-hybridized carbons (Fsp3) is 0.333. The SMILES string of the molecule is CC(CN)Nc1ccc([N+](=O)[O-])c(Cl)c1. The van der Waals surface area contributed by atoms with Gasteiger partial charge in [0.15, 0.2) is 0 Å². The lowest BCUT2D eigenvalue weighted by Gasteiger charge is -2.12. The number of nitrogens with zero attached hydrogens (tertiary/aromatic N) is 1. The van der Waals surface area contributed by atoms with Crippen LogP contribution in [0.1, 0.15) is 6.92 Å². The summed E-state index contributed by atoms with van der Waals surface area (Å²) in [5.74, 6) is 0. The van der Waals surface area contributed by atoms with E-state index in [1.165, 1.54) is 12.1 Å². The van der Waals surface area contributed by atoms with E-state index in [0.29, 0.717) is 6.54 Å². The third-order valence-corrected chi connectivity index (χ3v) is 2.21. The van der Waals surface area contributed by atoms with Crippen LogP contribution in [0.4, 0.5) is 11.4 Å². The molecule has 82 valence electrons. The maximum Gasteiger partial charge on any atom is 0.288 e. The molecule has 0 aliphatic carbocycles. The Bertz CT molecular complexity index is 370. The van der Waals surface area contributed by atoms with E-state index >= 15 is 0 Å². The number of nitrogens with two attached hydrogens (primary N) is 1. The summed E-state index contributed by atoms with van der Waals surface area (Å²) in [6, 6.07) is 4.60. The monoisotopic (exact) mass is 229 g/mol. The van der Waals surface area contributed by atoms with Crippen molar-refractivity contribution in [3.05, 3.63) is 33.3 Å². The first-order valence-electron chi connectivity index (χ1n) is 4.45. The summed E-state index contributed by atoms with van der Waals surface area (Å²) in [7, 11) is 0. The summed E-state index contributed by atoms with van der Waals surface area (Å²) < 4.78 is 0. The van der Waals surface area contributed by atoms with E-state index in [-0.39, 0.29) is 16.8 Å². The molecule has 1 atom stereocenters. The van der Waals surface area contributed by atoms with Crippen LogP contribution in [0, 0.1) is 10.1 Å². The van der Waals surface area contributed by atoms with Gasteiger partial charge >= 0.3 is 0 Å². The second kappa shape index (κ2) is 4.95. The number of benzene rings is 1. The Morgan fingerprint density at radius 3 is 2.80 bits per heavy atom. The fourth-order valence-electron chi connectivity index (χ4n) is 1.09. The molecular weight excluding hydrogens is 218 g/mol. The van der Waals surface area contributed by atoms with Crippen molar-refractivity contribution < 1.29 is 4.92 Å². The Balaban J connectivity index is 2.87. The second-order valence-electron chi connectivity index (χ2n) is 3.20. The van der Waals surface area contributed by atoms with E-state index in [1.54, 1.807) is 6.07 Å². The van der Waals surface area contributed by atoms with Gasteiger partial charge in [-0.2, -0.15) is 0 Å². The van der Waals surface area contributed by atoms with Crippen molar-refractivity contribution in [1.82, 2.24) is 0 Å². The Labute approximate surface area is 92.4 Å². The van der Waals surface area contributed by atoms with Crippen LogP contribution in [0.15, 0.2) is 18.2 Å². The lowest BCUT2D eigenvalue weighted by Crippen LogP contribution is -2.25. The van der Waals surface area contributed by atoms with E-state index in [0.717, 1.165) is 5.69 Å². The summed E-state index contributed by atoms with van der Waals surface area (Å²) in [4.78, 5) is 9.98. The highest BCUT2D eigenvalue weighted by atomic mass is 35.5. The molecule has 1 unspecified atom stereocenters. The number of halogens is 1. The number of nitro benzene ring substituents is 1. The maximum atomic E-state index is 10.5. The highest BCUT2D eigenvalue weighted by molar-refractivity contribution is 6.32. The lowest BCUT2D eigenvalue weighted by atomic mass is 10.2. The Hall–Kier alpha value is -1.33. The molecule has 0 saturated carbocycles. The highest BCUT2D eigenvalue weighted by Crippen LogP contribution is 2.27. The summed E-state index contributed by atoms with van der Waals surface area (Å²) in [5, 5.41) is 13.7. The number of nitro groups is 1. The molecule has 0 aliphatic rings. The minimum absolute atomic E-state index is 0.0948. The predicted octanol–water partition coefficient (Wildman–Crippen LogP) is 2.01. The van der Waals surface area contributed by atoms with Gasteiger partial charge in [0.1, 0.15) is 5.02 Å². The van der Waals surface area contributed by atoms with Crippen LogP contribution in [0.25, 0.3) is 0 Å². The van der Waals surface area contributed by atoms with Crippen molar-refractivity contribution in [2.45, 2.75) is 13.0 Å². The van der Waals surface area contributed by atoms with Crippen molar-refractivity contribution in [2.24, 2.45) is 5.73 Å². The van der Waals surface area contributed by atoms with Crippen LogP contribution >= 0.6 is 11.6 Å². The molecule has 1 rings (SSSR count). The normalized spacial score (nSPS) is 12.2. The molecule has 0 spiro atoms. The summed E-state index contributed by atoms with van der Waals surface area (Å²) in [6.45, 7) is 2.39. The van der Waals surface area contributed by atoms with E-state index in [4.69, 9.17) is 17.3 Å². The lowest BCUT2D eigenvalue weighted by molar-refractivity contribution is -0.384. The number of anilines is 1. The van der Waals surface area contributed by atoms with Crippen molar-refractivity contribution in [3.63, 3.8) is 0 Å². The van der Waals surface area contributed by atoms with E-state index in [2.05, 4.69) is 5.32 Å². The molecule has 6 heteroatoms. The molecule has 0 saturated heterocycles. The molecule has 0 bridgehead atoms. The summed E-state index contributed by atoms with van der Waals surface area (Å²) >= 11 is 5.74. The van der Waals surface area contributed by atoms with Crippen LogP contribution in [-0.2, 0) is 0 Å². The Kier molecular flexibility index (Phi) is 3.88. The van der Waals surface area contributed by atoms with Crippen molar-refractivity contribution in [3.8, 4) is 0 Å². The van der Waals surface area contributed by atoms with Crippen LogP contribution in [0.5, 0.6) is 0 Å². The first-order valence-corrected chi connectivity index (χ1v) is 4.83. The molecular formula is C9H12ClN3O2. The highest BCUT2D eigenvalue weighted by Gasteiger charge is 2.12. The van der Waals surface area contributed by atoms with Gasteiger partial charge in [-0.25, -0.2) is 0 Å². The van der Waals surface area contributed by atoms with Gasteiger partial charge in [-0.3, -0.25) is 10.1 Å². The van der Waals surface area contributed by atoms with Crippen molar-refractivity contribution >= 4 is 23.0 Å². The number of hydrogen-bond donors (Lipinski definition) is 2. The average molecular weight is 230 g/mol. The molecule has 0 amide bonds. The van der Waals surface area contributed by atoms with Gasteiger partial charge in [-0.15, -0.1) is 0 Å². The molecule has 5 nitrogen and oxygen atoms in total. The van der Waals surface area contributed by atoms with Gasteiger partial charge in [0.2, 0.25) is 0 Å². The molecule has 0 fully saturated rings. The molecule has 0 aromatic heterocycles. The predicted molar refractivity (Wildman–Crippen MR) is 60.2 cm³/mol. The van der Waals surface area contributed by atoms with E-state index < -0.39 is 4.92 Å². The molecule has 0 aliphatic heterocycles. The smallest absolute Gasteiger partial charge is 0.288 e. The van der Waals surface area contributed by atoms with Gasteiger partial charge < -0.3 is 11.1 Å². The zero-order chi connectivity index (χ0) is 11.4. The van der Waals surface area contributed by atoms with Crippen LogP contribution in [0.3, 0.4) is 0 Å². The quantitative estimate of drug-likeness (QED) is 0.611. The van der Waals surface area contributed by atoms with Gasteiger partial charge in [-0.05, 0) is 19.1 Å². The summed E-state index contributed by atoms with van der Waals surface area (Å²) in [5.41, 5.74) is 6.06. The largest absolute Gasteiger partial charge is 0.381 e. The first kappa shape index (κ1) is 11.7. The molecule has 3 N–H and O–H groups in total. The van der Waals surface area contributed by atoms with E-state index in [1.807, 2.05) is 6.92 Å². The van der Waals surface area contributed by atoms with Gasteiger partial charge in [0.25, 0.3) is 5.69 Å².